The lowest BCUT2D eigenvalue weighted by Crippen LogP contribution is -2.59. The molecule has 43 heavy (non-hydrogen) atoms. The number of nitriles is 1. The zero-order valence-electron chi connectivity index (χ0n) is 23.3. The number of halogens is 1. The largest absolute Gasteiger partial charge is 0.356 e. The predicted octanol–water partition coefficient (Wildman–Crippen LogP) is 7.32. The molecule has 0 radical (unpaired) electrons. The van der Waals surface area contributed by atoms with Crippen molar-refractivity contribution in [1.82, 2.24) is 4.57 Å². The van der Waals surface area contributed by atoms with Crippen molar-refractivity contribution in [1.29, 1.82) is 5.26 Å². The maximum Gasteiger partial charge on any atom is 0.252 e. The Morgan fingerprint density at radius 3 is 2.40 bits per heavy atom. The minimum atomic E-state index is -0.404. The van der Waals surface area contributed by atoms with E-state index in [1.165, 1.54) is 44.4 Å². The van der Waals surface area contributed by atoms with Crippen molar-refractivity contribution in [3.63, 3.8) is 0 Å². The van der Waals surface area contributed by atoms with E-state index in [1.807, 2.05) is 6.07 Å². The summed E-state index contributed by atoms with van der Waals surface area (Å²) >= 11 is 0. The molecule has 0 amide bonds. The lowest BCUT2D eigenvalue weighted by atomic mass is 9.34. The van der Waals surface area contributed by atoms with Gasteiger partial charge in [-0.1, -0.05) is 84.9 Å². The van der Waals surface area contributed by atoms with Crippen LogP contribution in [-0.4, -0.2) is 11.3 Å². The van der Waals surface area contributed by atoms with Gasteiger partial charge in [0.05, 0.1) is 17.1 Å². The summed E-state index contributed by atoms with van der Waals surface area (Å²) in [6.45, 7) is 2.12. The van der Waals surface area contributed by atoms with Crippen molar-refractivity contribution in [2.75, 3.05) is 5.32 Å². The zero-order valence-corrected chi connectivity index (χ0v) is 23.3. The Hall–Kier alpha value is -5.60. The van der Waals surface area contributed by atoms with Gasteiger partial charge < -0.3 is 9.88 Å². The Bertz CT molecular complexity index is 2380. The van der Waals surface area contributed by atoms with Gasteiger partial charge in [0.2, 0.25) is 0 Å². The van der Waals surface area contributed by atoms with Gasteiger partial charge in [-0.25, -0.2) is 4.39 Å². The van der Waals surface area contributed by atoms with Crippen molar-refractivity contribution < 1.29 is 4.39 Å². The first-order valence-corrected chi connectivity index (χ1v) is 14.5. The second kappa shape index (κ2) is 8.70. The van der Waals surface area contributed by atoms with E-state index in [2.05, 4.69) is 114 Å². The lowest BCUT2D eigenvalue weighted by molar-refractivity contribution is 0.631. The van der Waals surface area contributed by atoms with E-state index in [4.69, 9.17) is 0 Å². The number of hydrogen-bond donors (Lipinski definition) is 1. The number of nitrogens with zero attached hydrogens (tertiary/aromatic N) is 2. The number of aryl methyl sites for hydroxylation is 1. The Morgan fingerprint density at radius 2 is 1.51 bits per heavy atom. The van der Waals surface area contributed by atoms with Crippen LogP contribution in [0.2, 0.25) is 0 Å². The third-order valence-electron chi connectivity index (χ3n) is 9.25. The molecule has 0 atom stereocenters. The molecule has 0 saturated heterocycles. The molecule has 1 N–H and O–H groups in total. The van der Waals surface area contributed by atoms with Crippen LogP contribution in [0.4, 0.5) is 15.8 Å². The maximum absolute atomic E-state index is 15.5. The maximum atomic E-state index is 15.5. The van der Waals surface area contributed by atoms with Crippen LogP contribution in [0.5, 0.6) is 0 Å². The number of para-hydroxylation sites is 3. The summed E-state index contributed by atoms with van der Waals surface area (Å²) in [4.78, 5) is 0. The van der Waals surface area contributed by atoms with Gasteiger partial charge in [0.25, 0.3) is 6.71 Å². The average molecular weight is 551 g/mol. The molecule has 5 heteroatoms. The van der Waals surface area contributed by atoms with Gasteiger partial charge in [0, 0.05) is 44.5 Å². The molecule has 7 aromatic rings. The first-order valence-electron chi connectivity index (χ1n) is 14.5. The van der Waals surface area contributed by atoms with Gasteiger partial charge in [-0.15, -0.1) is 0 Å². The molecule has 0 aliphatic carbocycles. The van der Waals surface area contributed by atoms with Gasteiger partial charge in [-0.05, 0) is 70.3 Å². The molecule has 2 aliphatic heterocycles. The Labute approximate surface area is 248 Å². The van der Waals surface area contributed by atoms with Gasteiger partial charge in [-0.3, -0.25) is 0 Å². The van der Waals surface area contributed by atoms with E-state index in [9.17, 15) is 5.26 Å². The van der Waals surface area contributed by atoms with Gasteiger partial charge in [0.1, 0.15) is 5.82 Å². The molecule has 2 aliphatic rings. The molecule has 0 saturated carbocycles. The Morgan fingerprint density at radius 1 is 0.767 bits per heavy atom. The van der Waals surface area contributed by atoms with Crippen LogP contribution in [0, 0.1) is 24.1 Å². The fourth-order valence-electron chi connectivity index (χ4n) is 7.48. The number of fused-ring (bicyclic) bond motifs is 7. The minimum Gasteiger partial charge on any atom is -0.356 e. The second-order valence-corrected chi connectivity index (χ2v) is 11.5. The summed E-state index contributed by atoms with van der Waals surface area (Å²) in [5, 5.41) is 16.2. The smallest absolute Gasteiger partial charge is 0.252 e. The van der Waals surface area contributed by atoms with Gasteiger partial charge in [0.15, 0.2) is 0 Å². The summed E-state index contributed by atoms with van der Waals surface area (Å²) in [7, 11) is 0. The van der Waals surface area contributed by atoms with Crippen molar-refractivity contribution in [2.24, 2.45) is 0 Å². The number of aromatic nitrogens is 1. The molecule has 0 bridgehead atoms. The van der Waals surface area contributed by atoms with Crippen LogP contribution in [0.15, 0.2) is 115 Å². The average Bonchev–Trinajstić information content (AvgIpc) is 3.38. The fraction of sp³-hybridized carbons (Fsp3) is 0.0263. The summed E-state index contributed by atoms with van der Waals surface area (Å²) in [6, 6.07) is 41.2. The highest BCUT2D eigenvalue weighted by atomic mass is 19.1. The molecule has 0 spiro atoms. The number of hydrogen-bond acceptors (Lipinski definition) is 2. The minimum absolute atomic E-state index is 0.0177. The summed E-state index contributed by atoms with van der Waals surface area (Å²) in [5.41, 5.74) is 13.7. The van der Waals surface area contributed by atoms with Crippen molar-refractivity contribution in [2.45, 2.75) is 6.92 Å². The normalized spacial score (nSPS) is 12.5. The summed E-state index contributed by atoms with van der Waals surface area (Å²) in [5.74, 6) is -0.404. The Kier molecular flexibility index (Phi) is 4.87. The van der Waals surface area contributed by atoms with Crippen LogP contribution >= 0.6 is 0 Å². The molecule has 9 rings (SSSR count). The molecule has 3 heterocycles. The molecule has 0 unspecified atom stereocenters. The topological polar surface area (TPSA) is 40.8 Å². The van der Waals surface area contributed by atoms with E-state index < -0.39 is 5.82 Å². The zero-order chi connectivity index (χ0) is 28.8. The van der Waals surface area contributed by atoms with Crippen LogP contribution in [-0.2, 0) is 0 Å². The highest BCUT2D eigenvalue weighted by Gasteiger charge is 2.40. The molecular formula is C38H23BFN3. The van der Waals surface area contributed by atoms with Crippen LogP contribution in [0.25, 0.3) is 49.7 Å². The van der Waals surface area contributed by atoms with E-state index in [-0.39, 0.29) is 6.71 Å². The van der Waals surface area contributed by atoms with Crippen LogP contribution in [0.3, 0.4) is 0 Å². The monoisotopic (exact) mass is 551 g/mol. The second-order valence-electron chi connectivity index (χ2n) is 11.5. The number of rotatable bonds is 2. The van der Waals surface area contributed by atoms with Gasteiger partial charge in [-0.2, -0.15) is 5.26 Å². The molecule has 6 aromatic carbocycles. The highest BCUT2D eigenvalue weighted by Crippen LogP contribution is 2.41. The first kappa shape index (κ1) is 24.0. The van der Waals surface area contributed by atoms with E-state index in [0.29, 0.717) is 16.7 Å². The summed E-state index contributed by atoms with van der Waals surface area (Å²) < 4.78 is 17.9. The number of nitrogens with one attached hydrogen (secondary N) is 1. The van der Waals surface area contributed by atoms with E-state index in [1.54, 1.807) is 12.1 Å². The van der Waals surface area contributed by atoms with Crippen LogP contribution < -0.4 is 21.7 Å². The van der Waals surface area contributed by atoms with E-state index >= 15 is 4.39 Å². The molecular weight excluding hydrogens is 528 g/mol. The number of anilines is 2. The van der Waals surface area contributed by atoms with Crippen molar-refractivity contribution in [3.05, 3.63) is 132 Å². The van der Waals surface area contributed by atoms with Gasteiger partial charge >= 0.3 is 0 Å². The standard InChI is InChI=1S/C38H23BFN3/c1-22-9-2-3-11-25(22)27-13-7-15-29-37(27)42-32-19-24(35-23(21-41)10-6-17-31(35)40)20-34-36(32)39(29)30-16-8-14-28-26-12-4-5-18-33(26)43(34)38(28)30/h2-20,42H,1H3. The predicted molar refractivity (Wildman–Crippen MR) is 175 cm³/mol. The third-order valence-corrected chi connectivity index (χ3v) is 9.25. The quantitative estimate of drug-likeness (QED) is 0.229. The van der Waals surface area contributed by atoms with Crippen molar-refractivity contribution in [3.8, 4) is 34.0 Å². The molecule has 0 fully saturated rings. The molecule has 3 nitrogen and oxygen atoms in total. The first-order chi connectivity index (χ1) is 21.1. The van der Waals surface area contributed by atoms with E-state index in [0.717, 1.165) is 33.6 Å². The van der Waals surface area contributed by atoms with Crippen molar-refractivity contribution >= 4 is 56.3 Å². The number of benzene rings is 6. The summed E-state index contributed by atoms with van der Waals surface area (Å²) in [6.07, 6.45) is 0. The lowest BCUT2D eigenvalue weighted by Gasteiger charge is -2.35. The molecule has 200 valence electrons. The molecule has 1 aromatic heterocycles. The Balaban J connectivity index is 1.44. The highest BCUT2D eigenvalue weighted by molar-refractivity contribution is 7.00. The van der Waals surface area contributed by atoms with Crippen LogP contribution in [0.1, 0.15) is 11.1 Å². The SMILES string of the molecule is Cc1ccccc1-c1cccc2c1Nc1cc(-c3c(F)cccc3C#N)cc3c1B2c1cccc2c4ccccc4n-3c12. The fourth-order valence-corrected chi connectivity index (χ4v) is 7.48. The third kappa shape index (κ3) is 3.18.